The number of carbonyl (C=O) groups excluding carboxylic acids is 1. The molecule has 0 aromatic carbocycles. The van der Waals surface area contributed by atoms with Crippen LogP contribution in [0.4, 0.5) is 0 Å². The van der Waals surface area contributed by atoms with Crippen molar-refractivity contribution in [3.63, 3.8) is 0 Å². The average molecular weight is 353 g/mol. The lowest BCUT2D eigenvalue weighted by Crippen LogP contribution is -2.31. The molecule has 3 aromatic heterocycles. The summed E-state index contributed by atoms with van der Waals surface area (Å²) in [7, 11) is 1.83. The molecule has 1 unspecified atom stereocenters. The van der Waals surface area contributed by atoms with E-state index in [0.29, 0.717) is 17.3 Å². The number of hydrogen-bond acceptors (Lipinski definition) is 5. The Morgan fingerprint density at radius 1 is 1.23 bits per heavy atom. The van der Waals surface area contributed by atoms with Crippen LogP contribution in [-0.2, 0) is 7.05 Å². The van der Waals surface area contributed by atoms with Gasteiger partial charge in [0, 0.05) is 13.2 Å². The van der Waals surface area contributed by atoms with Crippen molar-refractivity contribution >= 4 is 5.91 Å². The van der Waals surface area contributed by atoms with Crippen LogP contribution in [0.3, 0.4) is 0 Å². The van der Waals surface area contributed by atoms with E-state index >= 15 is 0 Å². The number of carbonyl (C=O) groups is 1. The van der Waals surface area contributed by atoms with Gasteiger partial charge in [-0.15, -0.1) is 0 Å². The highest BCUT2D eigenvalue weighted by Crippen LogP contribution is 2.20. The van der Waals surface area contributed by atoms with Gasteiger partial charge in [0.25, 0.3) is 5.91 Å². The van der Waals surface area contributed by atoms with Crippen molar-refractivity contribution in [1.29, 1.82) is 0 Å². The van der Waals surface area contributed by atoms with Gasteiger partial charge in [-0.1, -0.05) is 19.9 Å². The molecule has 0 fully saturated rings. The minimum Gasteiger partial charge on any atom is -0.342 e. The van der Waals surface area contributed by atoms with Gasteiger partial charge in [-0.05, 0) is 31.4 Å². The third-order valence-corrected chi connectivity index (χ3v) is 4.19. The first-order chi connectivity index (χ1) is 12.5. The Hall–Kier alpha value is -3.03. The van der Waals surface area contributed by atoms with Gasteiger partial charge in [-0.25, -0.2) is 14.6 Å². The number of pyridine rings is 1. The molecule has 0 bridgehead atoms. The highest BCUT2D eigenvalue weighted by molar-refractivity contribution is 5.95. The SMILES string of the molecule is Cc1c(C(=O)NC(CC(C)C)c2ncnn2C)cnn1-c1ccccn1. The molecule has 0 saturated carbocycles. The standard InChI is InChI=1S/C18H23N7O/c1-12(2)9-15(17-20-11-22-24(17)4)23-18(26)14-10-21-25(13(14)3)16-7-5-6-8-19-16/h5-8,10-12,15H,9H2,1-4H3,(H,23,26). The van der Waals surface area contributed by atoms with E-state index in [1.54, 1.807) is 21.8 Å². The van der Waals surface area contributed by atoms with Gasteiger partial charge >= 0.3 is 0 Å². The molecular weight excluding hydrogens is 330 g/mol. The smallest absolute Gasteiger partial charge is 0.255 e. The third kappa shape index (κ3) is 3.63. The van der Waals surface area contributed by atoms with E-state index in [4.69, 9.17) is 0 Å². The van der Waals surface area contributed by atoms with Gasteiger partial charge in [0.15, 0.2) is 5.82 Å². The van der Waals surface area contributed by atoms with Crippen LogP contribution in [0.2, 0.25) is 0 Å². The van der Waals surface area contributed by atoms with E-state index in [1.807, 2.05) is 32.2 Å². The minimum atomic E-state index is -0.215. The molecule has 0 saturated heterocycles. The zero-order chi connectivity index (χ0) is 18.7. The van der Waals surface area contributed by atoms with Crippen LogP contribution in [0.1, 0.15) is 48.2 Å². The predicted molar refractivity (Wildman–Crippen MR) is 96.8 cm³/mol. The number of rotatable bonds is 6. The van der Waals surface area contributed by atoms with Gasteiger partial charge in [0.05, 0.1) is 23.5 Å². The molecule has 8 heteroatoms. The van der Waals surface area contributed by atoms with Crippen LogP contribution in [0.25, 0.3) is 5.82 Å². The maximum Gasteiger partial charge on any atom is 0.255 e. The molecule has 3 heterocycles. The highest BCUT2D eigenvalue weighted by atomic mass is 16.1. The van der Waals surface area contributed by atoms with Crippen molar-refractivity contribution in [2.24, 2.45) is 13.0 Å². The van der Waals surface area contributed by atoms with Crippen molar-refractivity contribution in [2.45, 2.75) is 33.2 Å². The van der Waals surface area contributed by atoms with Gasteiger partial charge in [-0.3, -0.25) is 9.48 Å². The maximum atomic E-state index is 12.9. The molecule has 1 amide bonds. The molecule has 3 aromatic rings. The third-order valence-electron chi connectivity index (χ3n) is 4.19. The fourth-order valence-corrected chi connectivity index (χ4v) is 2.90. The summed E-state index contributed by atoms with van der Waals surface area (Å²) in [4.78, 5) is 21.4. The minimum absolute atomic E-state index is 0.182. The molecule has 26 heavy (non-hydrogen) atoms. The van der Waals surface area contributed by atoms with Crippen molar-refractivity contribution in [3.05, 3.63) is 54.0 Å². The molecule has 3 rings (SSSR count). The summed E-state index contributed by atoms with van der Waals surface area (Å²) in [5, 5.41) is 11.5. The average Bonchev–Trinajstić information content (AvgIpc) is 3.20. The number of nitrogens with zero attached hydrogens (tertiary/aromatic N) is 6. The van der Waals surface area contributed by atoms with E-state index in [-0.39, 0.29) is 11.9 Å². The Kier molecular flexibility index (Phi) is 5.11. The summed E-state index contributed by atoms with van der Waals surface area (Å²) in [5.41, 5.74) is 1.26. The number of hydrogen-bond donors (Lipinski definition) is 1. The van der Waals surface area contributed by atoms with Gasteiger partial charge in [-0.2, -0.15) is 10.2 Å². The highest BCUT2D eigenvalue weighted by Gasteiger charge is 2.23. The summed E-state index contributed by atoms with van der Waals surface area (Å²) in [6.07, 6.45) is 5.54. The fraction of sp³-hybridized carbons (Fsp3) is 0.389. The van der Waals surface area contributed by atoms with Crippen LogP contribution >= 0.6 is 0 Å². The number of amides is 1. The molecule has 136 valence electrons. The molecule has 1 N–H and O–H groups in total. The van der Waals surface area contributed by atoms with Crippen LogP contribution in [-0.4, -0.2) is 35.4 Å². The maximum absolute atomic E-state index is 12.9. The Labute approximate surface area is 152 Å². The van der Waals surface area contributed by atoms with Crippen molar-refractivity contribution in [3.8, 4) is 5.82 Å². The fourth-order valence-electron chi connectivity index (χ4n) is 2.90. The van der Waals surface area contributed by atoms with Gasteiger partial charge in [0.2, 0.25) is 0 Å². The Morgan fingerprint density at radius 2 is 2.04 bits per heavy atom. The lowest BCUT2D eigenvalue weighted by Gasteiger charge is -2.19. The molecule has 0 spiro atoms. The number of nitrogens with one attached hydrogen (secondary N) is 1. The Morgan fingerprint density at radius 3 is 2.65 bits per heavy atom. The summed E-state index contributed by atoms with van der Waals surface area (Å²) in [6, 6.07) is 5.36. The molecule has 0 aliphatic rings. The second-order valence-corrected chi connectivity index (χ2v) is 6.64. The second kappa shape index (κ2) is 7.47. The van der Waals surface area contributed by atoms with Gasteiger partial charge in [0.1, 0.15) is 12.2 Å². The summed E-state index contributed by atoms with van der Waals surface area (Å²) < 4.78 is 3.35. The molecule has 0 aliphatic carbocycles. The van der Waals surface area contributed by atoms with Gasteiger partial charge < -0.3 is 5.32 Å². The van der Waals surface area contributed by atoms with Crippen molar-refractivity contribution in [1.82, 2.24) is 34.8 Å². The van der Waals surface area contributed by atoms with E-state index in [1.165, 1.54) is 6.33 Å². The van der Waals surface area contributed by atoms with E-state index in [2.05, 4.69) is 39.3 Å². The zero-order valence-electron chi connectivity index (χ0n) is 15.4. The van der Waals surface area contributed by atoms with Crippen LogP contribution < -0.4 is 5.32 Å². The quantitative estimate of drug-likeness (QED) is 0.734. The Balaban J connectivity index is 1.84. The molecule has 8 nitrogen and oxygen atoms in total. The lowest BCUT2D eigenvalue weighted by molar-refractivity contribution is 0.0928. The molecule has 0 aliphatic heterocycles. The number of aromatic nitrogens is 6. The summed E-state index contributed by atoms with van der Waals surface area (Å²) in [6.45, 7) is 6.08. The van der Waals surface area contributed by atoms with Crippen LogP contribution in [0.5, 0.6) is 0 Å². The first-order valence-corrected chi connectivity index (χ1v) is 8.58. The first kappa shape index (κ1) is 17.8. The predicted octanol–water partition coefficient (Wildman–Crippen LogP) is 2.22. The lowest BCUT2D eigenvalue weighted by atomic mass is 10.0. The van der Waals surface area contributed by atoms with Crippen molar-refractivity contribution < 1.29 is 4.79 Å². The topological polar surface area (TPSA) is 90.5 Å². The summed E-state index contributed by atoms with van der Waals surface area (Å²) in [5.74, 6) is 1.63. The normalized spacial score (nSPS) is 12.3. The molecule has 1 atom stereocenters. The molecular formula is C18H23N7O. The molecule has 0 radical (unpaired) electrons. The van der Waals surface area contributed by atoms with E-state index in [0.717, 1.165) is 17.9 Å². The first-order valence-electron chi connectivity index (χ1n) is 8.58. The van der Waals surface area contributed by atoms with Crippen LogP contribution in [0, 0.1) is 12.8 Å². The second-order valence-electron chi connectivity index (χ2n) is 6.64. The Bertz CT molecular complexity index is 882. The van der Waals surface area contributed by atoms with E-state index in [9.17, 15) is 4.79 Å². The largest absolute Gasteiger partial charge is 0.342 e. The summed E-state index contributed by atoms with van der Waals surface area (Å²) >= 11 is 0. The van der Waals surface area contributed by atoms with Crippen LogP contribution in [0.15, 0.2) is 36.9 Å². The van der Waals surface area contributed by atoms with E-state index < -0.39 is 0 Å². The number of aryl methyl sites for hydroxylation is 1. The zero-order valence-corrected chi connectivity index (χ0v) is 15.4. The van der Waals surface area contributed by atoms with Crippen molar-refractivity contribution in [2.75, 3.05) is 0 Å². The monoisotopic (exact) mass is 353 g/mol.